The summed E-state index contributed by atoms with van der Waals surface area (Å²) in [4.78, 5) is 15.2. The van der Waals surface area contributed by atoms with Crippen LogP contribution in [0.1, 0.15) is 5.56 Å². The fourth-order valence-electron chi connectivity index (χ4n) is 2.17. The van der Waals surface area contributed by atoms with Crippen LogP contribution >= 0.6 is 15.9 Å². The maximum atomic E-state index is 12.0. The SMILES string of the molecule is O=C(Cc1c[nH]c2ccccc12)NNc1ccc(Br)cc1. The summed E-state index contributed by atoms with van der Waals surface area (Å²) in [5, 5.41) is 1.08. The lowest BCUT2D eigenvalue weighted by Gasteiger charge is -2.08. The average molecular weight is 344 g/mol. The molecule has 0 saturated carbocycles. The van der Waals surface area contributed by atoms with Gasteiger partial charge in [-0.15, -0.1) is 0 Å². The van der Waals surface area contributed by atoms with Crippen molar-refractivity contribution in [3.05, 3.63) is 64.8 Å². The molecule has 0 aliphatic rings. The molecule has 5 heteroatoms. The normalized spacial score (nSPS) is 10.5. The van der Waals surface area contributed by atoms with E-state index < -0.39 is 0 Å². The van der Waals surface area contributed by atoms with Crippen molar-refractivity contribution in [2.24, 2.45) is 0 Å². The van der Waals surface area contributed by atoms with Gasteiger partial charge >= 0.3 is 0 Å². The summed E-state index contributed by atoms with van der Waals surface area (Å²) in [5.74, 6) is -0.0809. The Kier molecular flexibility index (Phi) is 3.92. The zero-order chi connectivity index (χ0) is 14.7. The van der Waals surface area contributed by atoms with E-state index in [2.05, 4.69) is 31.8 Å². The number of para-hydroxylation sites is 1. The number of anilines is 1. The molecule has 1 heterocycles. The number of rotatable bonds is 4. The van der Waals surface area contributed by atoms with Crippen LogP contribution in [0.3, 0.4) is 0 Å². The van der Waals surface area contributed by atoms with Gasteiger partial charge in [0.1, 0.15) is 0 Å². The first-order valence-corrected chi connectivity index (χ1v) is 7.37. The highest BCUT2D eigenvalue weighted by atomic mass is 79.9. The number of hydrogen-bond donors (Lipinski definition) is 3. The van der Waals surface area contributed by atoms with E-state index in [4.69, 9.17) is 0 Å². The standard InChI is InChI=1S/C16H14BrN3O/c17-12-5-7-13(8-6-12)19-20-16(21)9-11-10-18-15-4-2-1-3-14(11)15/h1-8,10,18-19H,9H2,(H,20,21). The largest absolute Gasteiger partial charge is 0.361 e. The van der Waals surface area contributed by atoms with Crippen molar-refractivity contribution in [2.45, 2.75) is 6.42 Å². The van der Waals surface area contributed by atoms with Crippen LogP contribution in [-0.4, -0.2) is 10.9 Å². The molecule has 4 nitrogen and oxygen atoms in total. The molecular weight excluding hydrogens is 330 g/mol. The van der Waals surface area contributed by atoms with Crippen molar-refractivity contribution in [2.75, 3.05) is 5.43 Å². The van der Waals surface area contributed by atoms with Gasteiger partial charge in [0, 0.05) is 21.6 Å². The molecular formula is C16H14BrN3O. The van der Waals surface area contributed by atoms with Gasteiger partial charge in [-0.3, -0.25) is 15.6 Å². The van der Waals surface area contributed by atoms with E-state index in [1.165, 1.54) is 0 Å². The molecule has 1 amide bonds. The third-order valence-electron chi connectivity index (χ3n) is 3.22. The molecule has 3 rings (SSSR count). The maximum Gasteiger partial charge on any atom is 0.242 e. The number of hydrogen-bond acceptors (Lipinski definition) is 2. The Balaban J connectivity index is 1.62. The monoisotopic (exact) mass is 343 g/mol. The molecule has 0 aliphatic heterocycles. The zero-order valence-electron chi connectivity index (χ0n) is 11.2. The maximum absolute atomic E-state index is 12.0. The predicted octanol–water partition coefficient (Wildman–Crippen LogP) is 3.62. The molecule has 0 aliphatic carbocycles. The van der Waals surface area contributed by atoms with Gasteiger partial charge in [0.2, 0.25) is 5.91 Å². The number of nitrogens with one attached hydrogen (secondary N) is 3. The van der Waals surface area contributed by atoms with Gasteiger partial charge in [-0.25, -0.2) is 0 Å². The summed E-state index contributed by atoms with van der Waals surface area (Å²) in [7, 11) is 0. The average Bonchev–Trinajstić information content (AvgIpc) is 2.90. The van der Waals surface area contributed by atoms with Crippen LogP contribution in [0.25, 0.3) is 10.9 Å². The van der Waals surface area contributed by atoms with Crippen molar-refractivity contribution < 1.29 is 4.79 Å². The summed E-state index contributed by atoms with van der Waals surface area (Å²) in [5.41, 5.74) is 8.47. The zero-order valence-corrected chi connectivity index (χ0v) is 12.8. The molecule has 0 atom stereocenters. The number of benzene rings is 2. The second-order valence-corrected chi connectivity index (χ2v) is 5.63. The first-order valence-electron chi connectivity index (χ1n) is 6.58. The summed E-state index contributed by atoms with van der Waals surface area (Å²) >= 11 is 3.37. The molecule has 0 radical (unpaired) electrons. The van der Waals surface area contributed by atoms with Crippen molar-refractivity contribution in [1.29, 1.82) is 0 Å². The van der Waals surface area contributed by atoms with Gasteiger partial charge in [-0.1, -0.05) is 34.1 Å². The van der Waals surface area contributed by atoms with Crippen molar-refractivity contribution in [3.63, 3.8) is 0 Å². The summed E-state index contributed by atoms with van der Waals surface area (Å²) < 4.78 is 0.998. The van der Waals surface area contributed by atoms with Gasteiger partial charge in [-0.05, 0) is 35.9 Å². The number of amides is 1. The smallest absolute Gasteiger partial charge is 0.242 e. The number of hydrazine groups is 1. The Morgan fingerprint density at radius 2 is 1.86 bits per heavy atom. The minimum Gasteiger partial charge on any atom is -0.361 e. The van der Waals surface area contributed by atoms with Crippen LogP contribution in [0.4, 0.5) is 5.69 Å². The first-order chi connectivity index (χ1) is 10.2. The predicted molar refractivity (Wildman–Crippen MR) is 87.9 cm³/mol. The van der Waals surface area contributed by atoms with Gasteiger partial charge in [0.25, 0.3) is 0 Å². The molecule has 3 N–H and O–H groups in total. The van der Waals surface area contributed by atoms with Crippen LogP contribution in [0, 0.1) is 0 Å². The van der Waals surface area contributed by atoms with Crippen molar-refractivity contribution >= 4 is 38.4 Å². The molecule has 0 bridgehead atoms. The fraction of sp³-hybridized carbons (Fsp3) is 0.0625. The van der Waals surface area contributed by atoms with Crippen LogP contribution in [-0.2, 0) is 11.2 Å². The minimum atomic E-state index is -0.0809. The first kappa shape index (κ1) is 13.7. The van der Waals surface area contributed by atoms with E-state index in [9.17, 15) is 4.79 Å². The highest BCUT2D eigenvalue weighted by Crippen LogP contribution is 2.18. The molecule has 0 fully saturated rings. The molecule has 3 aromatic rings. The van der Waals surface area contributed by atoms with E-state index in [0.717, 1.165) is 26.6 Å². The van der Waals surface area contributed by atoms with Gasteiger partial charge in [-0.2, -0.15) is 0 Å². The van der Waals surface area contributed by atoms with Gasteiger partial charge in [0.15, 0.2) is 0 Å². The quantitative estimate of drug-likeness (QED) is 0.633. The third kappa shape index (κ3) is 3.25. The summed E-state index contributed by atoms with van der Waals surface area (Å²) in [6.07, 6.45) is 2.21. The second kappa shape index (κ2) is 6.01. The molecule has 0 spiro atoms. The minimum absolute atomic E-state index is 0.0809. The highest BCUT2D eigenvalue weighted by Gasteiger charge is 2.08. The van der Waals surface area contributed by atoms with Crippen molar-refractivity contribution in [1.82, 2.24) is 10.4 Å². The molecule has 21 heavy (non-hydrogen) atoms. The topological polar surface area (TPSA) is 56.9 Å². The van der Waals surface area contributed by atoms with E-state index in [-0.39, 0.29) is 5.91 Å². The summed E-state index contributed by atoms with van der Waals surface area (Å²) in [6.45, 7) is 0. The van der Waals surface area contributed by atoms with E-state index >= 15 is 0 Å². The summed E-state index contributed by atoms with van der Waals surface area (Å²) in [6, 6.07) is 15.5. The van der Waals surface area contributed by atoms with Crippen LogP contribution in [0.5, 0.6) is 0 Å². The lowest BCUT2D eigenvalue weighted by molar-refractivity contribution is -0.119. The van der Waals surface area contributed by atoms with E-state index in [1.54, 1.807) is 0 Å². The third-order valence-corrected chi connectivity index (χ3v) is 3.75. The number of aromatic amines is 1. The Bertz CT molecular complexity index is 765. The molecule has 2 aromatic carbocycles. The molecule has 0 saturated heterocycles. The molecule has 1 aromatic heterocycles. The molecule has 106 valence electrons. The Morgan fingerprint density at radius 3 is 2.67 bits per heavy atom. The second-order valence-electron chi connectivity index (χ2n) is 4.72. The van der Waals surface area contributed by atoms with E-state index in [1.807, 2.05) is 54.7 Å². The van der Waals surface area contributed by atoms with Crippen LogP contribution in [0.2, 0.25) is 0 Å². The Hall–Kier alpha value is -2.27. The Morgan fingerprint density at radius 1 is 1.10 bits per heavy atom. The number of aromatic nitrogens is 1. The Labute approximate surface area is 130 Å². The number of carbonyl (C=O) groups is 1. The number of carbonyl (C=O) groups excluding carboxylic acids is 1. The number of H-pyrrole nitrogens is 1. The van der Waals surface area contributed by atoms with Gasteiger partial charge < -0.3 is 4.98 Å². The van der Waals surface area contributed by atoms with Gasteiger partial charge in [0.05, 0.1) is 12.1 Å². The fourth-order valence-corrected chi connectivity index (χ4v) is 2.43. The molecule has 0 unspecified atom stereocenters. The number of halogens is 1. The highest BCUT2D eigenvalue weighted by molar-refractivity contribution is 9.10. The van der Waals surface area contributed by atoms with E-state index in [0.29, 0.717) is 6.42 Å². The van der Waals surface area contributed by atoms with Crippen LogP contribution < -0.4 is 10.9 Å². The number of fused-ring (bicyclic) bond motifs is 1. The lowest BCUT2D eigenvalue weighted by Crippen LogP contribution is -2.30. The van der Waals surface area contributed by atoms with Crippen molar-refractivity contribution in [3.8, 4) is 0 Å². The lowest BCUT2D eigenvalue weighted by atomic mass is 10.1. The van der Waals surface area contributed by atoms with Crippen LogP contribution in [0.15, 0.2) is 59.2 Å².